The monoisotopic (exact) mass is 436 g/mol. The van der Waals surface area contributed by atoms with Crippen LogP contribution in [0.4, 0.5) is 0 Å². The fourth-order valence-electron chi connectivity index (χ4n) is 4.51. The number of hydrogen-bond donors (Lipinski definition) is 1. The van der Waals surface area contributed by atoms with Gasteiger partial charge in [0.05, 0.1) is 4.90 Å². The highest BCUT2D eigenvalue weighted by atomic mass is 32.2. The number of likely N-dealkylation sites (tertiary alicyclic amines) is 1. The third kappa shape index (κ3) is 6.16. The molecule has 5 heteroatoms. The van der Waals surface area contributed by atoms with Crippen LogP contribution < -0.4 is 4.72 Å². The molecule has 1 fully saturated rings. The van der Waals surface area contributed by atoms with Gasteiger partial charge in [-0.2, -0.15) is 0 Å². The normalized spacial score (nSPS) is 20.2. The molecule has 0 bridgehead atoms. The molecule has 2 aliphatic rings. The molecule has 1 aliphatic heterocycles. The van der Waals surface area contributed by atoms with Gasteiger partial charge in [0.25, 0.3) is 0 Å². The predicted molar refractivity (Wildman–Crippen MR) is 127 cm³/mol. The Balaban J connectivity index is 1.21. The van der Waals surface area contributed by atoms with Crippen molar-refractivity contribution in [2.45, 2.75) is 36.5 Å². The van der Waals surface area contributed by atoms with Crippen molar-refractivity contribution in [3.63, 3.8) is 0 Å². The van der Waals surface area contributed by atoms with Gasteiger partial charge >= 0.3 is 0 Å². The van der Waals surface area contributed by atoms with E-state index in [2.05, 4.69) is 52.1 Å². The maximum absolute atomic E-state index is 12.7. The highest BCUT2D eigenvalue weighted by Crippen LogP contribution is 2.25. The highest BCUT2D eigenvalue weighted by molar-refractivity contribution is 7.89. The second-order valence-electron chi connectivity index (χ2n) is 8.60. The summed E-state index contributed by atoms with van der Waals surface area (Å²) in [5.74, 6) is 1.06. The number of nitrogens with zero attached hydrogens (tertiary/aromatic N) is 1. The van der Waals surface area contributed by atoms with Crippen molar-refractivity contribution in [1.82, 2.24) is 9.62 Å². The zero-order valence-electron chi connectivity index (χ0n) is 18.0. The van der Waals surface area contributed by atoms with Gasteiger partial charge in [-0.05, 0) is 68.0 Å². The van der Waals surface area contributed by atoms with E-state index < -0.39 is 10.0 Å². The van der Waals surface area contributed by atoms with E-state index in [9.17, 15) is 8.42 Å². The lowest BCUT2D eigenvalue weighted by Crippen LogP contribution is -2.39. The molecular weight excluding hydrogens is 404 g/mol. The van der Waals surface area contributed by atoms with Crippen LogP contribution in [0.3, 0.4) is 0 Å². The Hall–Kier alpha value is -2.21. The minimum absolute atomic E-state index is 0.333. The van der Waals surface area contributed by atoms with Gasteiger partial charge in [-0.25, -0.2) is 13.1 Å². The summed E-state index contributed by atoms with van der Waals surface area (Å²) in [5.41, 5.74) is 2.56. The van der Waals surface area contributed by atoms with E-state index in [-0.39, 0.29) is 0 Å². The molecule has 4 rings (SSSR count). The van der Waals surface area contributed by atoms with Gasteiger partial charge in [0.2, 0.25) is 10.0 Å². The minimum atomic E-state index is -3.47. The molecular formula is C26H32N2O2S. The van der Waals surface area contributed by atoms with Crippen molar-refractivity contribution in [2.75, 3.05) is 26.2 Å². The molecule has 2 aromatic rings. The van der Waals surface area contributed by atoms with Crippen LogP contribution in [0.25, 0.3) is 0 Å². The number of allylic oxidation sites excluding steroid dienone is 4. The second-order valence-corrected chi connectivity index (χ2v) is 10.4. The SMILES string of the molecule is O=S(=O)(NCCN1CCC(Cc2ccccc2)CC1)c1ccc(C2C=CC=CC2)cc1. The van der Waals surface area contributed by atoms with Gasteiger partial charge in [-0.1, -0.05) is 66.8 Å². The Morgan fingerprint density at radius 3 is 2.35 bits per heavy atom. The highest BCUT2D eigenvalue weighted by Gasteiger charge is 2.20. The van der Waals surface area contributed by atoms with Gasteiger partial charge in [0.1, 0.15) is 0 Å². The minimum Gasteiger partial charge on any atom is -0.302 e. The van der Waals surface area contributed by atoms with E-state index >= 15 is 0 Å². The molecule has 1 atom stereocenters. The molecule has 1 aliphatic carbocycles. The summed E-state index contributed by atoms with van der Waals surface area (Å²) >= 11 is 0. The van der Waals surface area contributed by atoms with E-state index in [0.29, 0.717) is 17.4 Å². The van der Waals surface area contributed by atoms with E-state index in [0.717, 1.165) is 44.0 Å². The Kier molecular flexibility index (Phi) is 7.38. The molecule has 0 saturated carbocycles. The van der Waals surface area contributed by atoms with Crippen LogP contribution in [-0.2, 0) is 16.4 Å². The predicted octanol–water partition coefficient (Wildman–Crippen LogP) is 4.52. The van der Waals surface area contributed by atoms with Crippen molar-refractivity contribution in [3.05, 3.63) is 90.0 Å². The number of nitrogens with one attached hydrogen (secondary N) is 1. The third-order valence-electron chi connectivity index (χ3n) is 6.39. The lowest BCUT2D eigenvalue weighted by atomic mass is 9.90. The van der Waals surface area contributed by atoms with Crippen molar-refractivity contribution in [2.24, 2.45) is 5.92 Å². The molecule has 0 aromatic heterocycles. The number of sulfonamides is 1. The zero-order valence-corrected chi connectivity index (χ0v) is 18.8. The maximum atomic E-state index is 12.7. The molecule has 0 amide bonds. The molecule has 0 radical (unpaired) electrons. The summed E-state index contributed by atoms with van der Waals surface area (Å²) in [4.78, 5) is 2.71. The Labute approximate surface area is 186 Å². The van der Waals surface area contributed by atoms with Gasteiger partial charge in [0, 0.05) is 19.0 Å². The Bertz CT molecular complexity index is 989. The molecule has 1 N–H and O–H groups in total. The van der Waals surface area contributed by atoms with Gasteiger partial charge in [-0.15, -0.1) is 0 Å². The molecule has 31 heavy (non-hydrogen) atoms. The van der Waals surface area contributed by atoms with Crippen molar-refractivity contribution in [1.29, 1.82) is 0 Å². The summed E-state index contributed by atoms with van der Waals surface area (Å²) in [7, 11) is -3.47. The molecule has 1 heterocycles. The standard InChI is InChI=1S/C26H32N2O2S/c29-31(30,26-13-11-25(12-14-26)24-9-5-2-6-10-24)27-17-20-28-18-15-23(16-19-28)21-22-7-3-1-4-8-22/h1-9,11-14,23-24,27H,10,15-21H2. The van der Waals surface area contributed by atoms with Crippen LogP contribution in [0.1, 0.15) is 36.3 Å². The molecule has 1 unspecified atom stereocenters. The van der Waals surface area contributed by atoms with Crippen molar-refractivity contribution < 1.29 is 8.42 Å². The fraction of sp³-hybridized carbons (Fsp3) is 0.385. The summed E-state index contributed by atoms with van der Waals surface area (Å²) in [6.45, 7) is 3.28. The second kappa shape index (κ2) is 10.4. The number of benzene rings is 2. The lowest BCUT2D eigenvalue weighted by molar-refractivity contribution is 0.187. The average Bonchev–Trinajstić information content (AvgIpc) is 2.81. The average molecular weight is 437 g/mol. The summed E-state index contributed by atoms with van der Waals surface area (Å²) in [6, 6.07) is 18.0. The maximum Gasteiger partial charge on any atom is 0.240 e. The quantitative estimate of drug-likeness (QED) is 0.662. The first kappa shape index (κ1) is 22.0. The van der Waals surface area contributed by atoms with Gasteiger partial charge in [0.15, 0.2) is 0 Å². The largest absolute Gasteiger partial charge is 0.302 e. The topological polar surface area (TPSA) is 49.4 Å². The van der Waals surface area contributed by atoms with Crippen LogP contribution in [0.15, 0.2) is 83.8 Å². The van der Waals surface area contributed by atoms with Crippen molar-refractivity contribution >= 4 is 10.0 Å². The molecule has 0 spiro atoms. The molecule has 4 nitrogen and oxygen atoms in total. The molecule has 2 aromatic carbocycles. The van der Waals surface area contributed by atoms with E-state index in [1.807, 2.05) is 24.3 Å². The number of hydrogen-bond acceptors (Lipinski definition) is 3. The summed E-state index contributed by atoms with van der Waals surface area (Å²) < 4.78 is 28.1. The van der Waals surface area contributed by atoms with Gasteiger partial charge in [-0.3, -0.25) is 0 Å². The first-order chi connectivity index (χ1) is 15.1. The Morgan fingerprint density at radius 2 is 1.68 bits per heavy atom. The smallest absolute Gasteiger partial charge is 0.240 e. The van der Waals surface area contributed by atoms with Crippen LogP contribution >= 0.6 is 0 Å². The molecule has 164 valence electrons. The number of rotatable bonds is 8. The number of piperidine rings is 1. The van der Waals surface area contributed by atoms with Crippen LogP contribution in [-0.4, -0.2) is 39.5 Å². The molecule has 1 saturated heterocycles. The van der Waals surface area contributed by atoms with Crippen LogP contribution in [0.2, 0.25) is 0 Å². The fourth-order valence-corrected chi connectivity index (χ4v) is 5.53. The van der Waals surface area contributed by atoms with Crippen molar-refractivity contribution in [3.8, 4) is 0 Å². The lowest BCUT2D eigenvalue weighted by Gasteiger charge is -2.32. The summed E-state index contributed by atoms with van der Waals surface area (Å²) in [5, 5.41) is 0. The Morgan fingerprint density at radius 1 is 0.935 bits per heavy atom. The summed E-state index contributed by atoms with van der Waals surface area (Å²) in [6.07, 6.45) is 12.8. The van der Waals surface area contributed by atoms with E-state index in [1.54, 1.807) is 12.1 Å². The third-order valence-corrected chi connectivity index (χ3v) is 7.87. The first-order valence-corrected chi connectivity index (χ1v) is 12.8. The van der Waals surface area contributed by atoms with Crippen LogP contribution in [0, 0.1) is 5.92 Å². The zero-order chi connectivity index (χ0) is 21.5. The van der Waals surface area contributed by atoms with E-state index in [1.165, 1.54) is 18.4 Å². The van der Waals surface area contributed by atoms with Crippen LogP contribution in [0.5, 0.6) is 0 Å². The van der Waals surface area contributed by atoms with E-state index in [4.69, 9.17) is 0 Å². The van der Waals surface area contributed by atoms with Gasteiger partial charge < -0.3 is 4.90 Å². The first-order valence-electron chi connectivity index (χ1n) is 11.3.